The van der Waals surface area contributed by atoms with Gasteiger partial charge >= 0.3 is 12.0 Å². The van der Waals surface area contributed by atoms with Gasteiger partial charge in [-0.25, -0.2) is 9.59 Å². The van der Waals surface area contributed by atoms with Gasteiger partial charge in [0.2, 0.25) is 0 Å². The van der Waals surface area contributed by atoms with Gasteiger partial charge in [-0.3, -0.25) is 4.90 Å². The monoisotopic (exact) mass is 368 g/mol. The molecule has 0 spiro atoms. The molecule has 0 aromatic heterocycles. The molecule has 1 fully saturated rings. The third-order valence-corrected chi connectivity index (χ3v) is 4.46. The fourth-order valence-electron chi connectivity index (χ4n) is 3.28. The van der Waals surface area contributed by atoms with Gasteiger partial charge in [-0.15, -0.1) is 0 Å². The molecule has 2 aromatic carbocycles. The molecule has 6 heteroatoms. The van der Waals surface area contributed by atoms with Crippen LogP contribution in [0.4, 0.5) is 4.79 Å². The second-order valence-electron chi connectivity index (χ2n) is 6.87. The highest BCUT2D eigenvalue weighted by atomic mass is 16.5. The Morgan fingerprint density at radius 2 is 1.44 bits per heavy atom. The van der Waals surface area contributed by atoms with E-state index in [-0.39, 0.29) is 18.7 Å². The van der Waals surface area contributed by atoms with Crippen molar-refractivity contribution >= 4 is 12.0 Å². The van der Waals surface area contributed by atoms with Crippen molar-refractivity contribution in [2.75, 3.05) is 0 Å². The third kappa shape index (κ3) is 4.28. The Hall–Kier alpha value is -2.86. The van der Waals surface area contributed by atoms with Crippen LogP contribution in [0.3, 0.4) is 0 Å². The maximum Gasteiger partial charge on any atom is 0.331 e. The van der Waals surface area contributed by atoms with Crippen molar-refractivity contribution < 1.29 is 19.4 Å². The van der Waals surface area contributed by atoms with Crippen LogP contribution in [0.15, 0.2) is 60.7 Å². The smallest absolute Gasteiger partial charge is 0.331 e. The molecule has 1 aliphatic rings. The van der Waals surface area contributed by atoms with Crippen molar-refractivity contribution in [2.45, 2.75) is 45.3 Å². The first-order valence-electron chi connectivity index (χ1n) is 9.00. The van der Waals surface area contributed by atoms with E-state index in [9.17, 15) is 14.7 Å². The molecule has 2 atom stereocenters. The predicted octanol–water partition coefficient (Wildman–Crippen LogP) is 3.33. The molecule has 0 unspecified atom stereocenters. The number of amides is 2. The molecule has 2 amide bonds. The number of carbonyl (C=O) groups is 2. The van der Waals surface area contributed by atoms with E-state index in [1.165, 1.54) is 9.80 Å². The zero-order valence-corrected chi connectivity index (χ0v) is 15.5. The third-order valence-electron chi connectivity index (χ3n) is 4.46. The Morgan fingerprint density at radius 3 is 1.89 bits per heavy atom. The number of urea groups is 1. The largest absolute Gasteiger partial charge is 0.480 e. The zero-order valence-electron chi connectivity index (χ0n) is 15.5. The molecule has 0 bridgehead atoms. The summed E-state index contributed by atoms with van der Waals surface area (Å²) < 4.78 is 5.89. The van der Waals surface area contributed by atoms with Crippen molar-refractivity contribution in [3.05, 3.63) is 71.8 Å². The number of hydrogen-bond acceptors (Lipinski definition) is 3. The summed E-state index contributed by atoms with van der Waals surface area (Å²) in [6.45, 7) is 4.19. The number of rotatable bonds is 7. The molecule has 2 aromatic rings. The molecule has 0 saturated carbocycles. The summed E-state index contributed by atoms with van der Waals surface area (Å²) in [6, 6.07) is 17.5. The highest BCUT2D eigenvalue weighted by Crippen LogP contribution is 2.29. The van der Waals surface area contributed by atoms with Gasteiger partial charge in [0.25, 0.3) is 0 Å². The SMILES string of the molecule is CC(C)O[C@H]1[C@H](C(=O)O)N(Cc2ccccc2)C(=O)N1Cc1ccccc1. The van der Waals surface area contributed by atoms with Crippen LogP contribution in [0.1, 0.15) is 25.0 Å². The van der Waals surface area contributed by atoms with Crippen molar-refractivity contribution in [2.24, 2.45) is 0 Å². The van der Waals surface area contributed by atoms with Crippen LogP contribution in [0.5, 0.6) is 0 Å². The summed E-state index contributed by atoms with van der Waals surface area (Å²) in [5.74, 6) is -1.07. The van der Waals surface area contributed by atoms with Gasteiger partial charge < -0.3 is 14.7 Å². The maximum absolute atomic E-state index is 13.1. The molecule has 0 radical (unpaired) electrons. The molecular formula is C21H24N2O4. The first-order chi connectivity index (χ1) is 13.0. The van der Waals surface area contributed by atoms with E-state index in [2.05, 4.69) is 0 Å². The van der Waals surface area contributed by atoms with E-state index in [4.69, 9.17) is 4.74 Å². The quantitative estimate of drug-likeness (QED) is 0.814. The fourth-order valence-corrected chi connectivity index (χ4v) is 3.28. The van der Waals surface area contributed by atoms with Crippen LogP contribution in [0, 0.1) is 0 Å². The number of hydrogen-bond donors (Lipinski definition) is 1. The van der Waals surface area contributed by atoms with Crippen molar-refractivity contribution in [1.29, 1.82) is 0 Å². The topological polar surface area (TPSA) is 70.1 Å². The second kappa shape index (κ2) is 8.22. The molecule has 1 aliphatic heterocycles. The molecule has 1 N–H and O–H groups in total. The minimum atomic E-state index is -1.07. The van der Waals surface area contributed by atoms with Gasteiger partial charge in [0, 0.05) is 6.54 Å². The van der Waals surface area contributed by atoms with Gasteiger partial charge in [0.15, 0.2) is 12.3 Å². The van der Waals surface area contributed by atoms with Crippen molar-refractivity contribution in [1.82, 2.24) is 9.80 Å². The van der Waals surface area contributed by atoms with E-state index in [0.29, 0.717) is 6.54 Å². The van der Waals surface area contributed by atoms with Gasteiger partial charge in [-0.2, -0.15) is 0 Å². The summed E-state index contributed by atoms with van der Waals surface area (Å²) in [5, 5.41) is 9.85. The predicted molar refractivity (Wildman–Crippen MR) is 101 cm³/mol. The first kappa shape index (κ1) is 18.9. The van der Waals surface area contributed by atoms with E-state index in [1.807, 2.05) is 74.5 Å². The summed E-state index contributed by atoms with van der Waals surface area (Å²) in [5.41, 5.74) is 1.80. The number of carbonyl (C=O) groups excluding carboxylic acids is 1. The number of nitrogens with zero attached hydrogens (tertiary/aromatic N) is 2. The number of ether oxygens (including phenoxy) is 1. The summed E-state index contributed by atoms with van der Waals surface area (Å²) in [7, 11) is 0. The minimum absolute atomic E-state index is 0.209. The van der Waals surface area contributed by atoms with E-state index >= 15 is 0 Å². The number of benzene rings is 2. The van der Waals surface area contributed by atoms with Crippen molar-refractivity contribution in [3.8, 4) is 0 Å². The highest BCUT2D eigenvalue weighted by Gasteiger charge is 2.50. The Balaban J connectivity index is 1.92. The maximum atomic E-state index is 13.1. The average Bonchev–Trinajstić information content (AvgIpc) is 2.88. The Morgan fingerprint density at radius 1 is 0.963 bits per heavy atom. The fraction of sp³-hybridized carbons (Fsp3) is 0.333. The van der Waals surface area contributed by atoms with Gasteiger partial charge in [-0.05, 0) is 25.0 Å². The molecule has 1 heterocycles. The second-order valence-corrected chi connectivity index (χ2v) is 6.87. The molecule has 3 rings (SSSR count). The lowest BCUT2D eigenvalue weighted by Gasteiger charge is -2.27. The molecule has 1 saturated heterocycles. The molecule has 142 valence electrons. The number of carboxylic acid groups (broad SMARTS) is 1. The molecular weight excluding hydrogens is 344 g/mol. The minimum Gasteiger partial charge on any atom is -0.480 e. The highest BCUT2D eigenvalue weighted by molar-refractivity contribution is 5.87. The van der Waals surface area contributed by atoms with Crippen molar-refractivity contribution in [3.63, 3.8) is 0 Å². The molecule has 0 aliphatic carbocycles. The average molecular weight is 368 g/mol. The van der Waals surface area contributed by atoms with E-state index in [0.717, 1.165) is 11.1 Å². The lowest BCUT2D eigenvalue weighted by Crippen LogP contribution is -2.45. The summed E-state index contributed by atoms with van der Waals surface area (Å²) in [6.07, 6.45) is -1.06. The normalized spacial score (nSPS) is 19.7. The van der Waals surface area contributed by atoms with Crippen LogP contribution < -0.4 is 0 Å². The van der Waals surface area contributed by atoms with Crippen LogP contribution in [-0.4, -0.2) is 45.3 Å². The Kier molecular flexibility index (Phi) is 5.76. The van der Waals surface area contributed by atoms with Crippen LogP contribution in [-0.2, 0) is 22.6 Å². The first-order valence-corrected chi connectivity index (χ1v) is 9.00. The van der Waals surface area contributed by atoms with Gasteiger partial charge in [-0.1, -0.05) is 60.7 Å². The van der Waals surface area contributed by atoms with Crippen LogP contribution >= 0.6 is 0 Å². The zero-order chi connectivity index (χ0) is 19.4. The van der Waals surface area contributed by atoms with Gasteiger partial charge in [0.05, 0.1) is 12.6 Å². The van der Waals surface area contributed by atoms with E-state index < -0.39 is 18.2 Å². The van der Waals surface area contributed by atoms with Crippen LogP contribution in [0.25, 0.3) is 0 Å². The standard InChI is InChI=1S/C21H24N2O4/c1-15(2)27-19-18(20(24)25)22(13-16-9-5-3-6-10-16)21(26)23(19)14-17-11-7-4-8-12-17/h3-12,15,18-19H,13-14H2,1-2H3,(H,24,25)/t18-,19+/m1/s1. The van der Waals surface area contributed by atoms with Crippen LogP contribution in [0.2, 0.25) is 0 Å². The Bertz CT molecular complexity index is 779. The molecule has 27 heavy (non-hydrogen) atoms. The van der Waals surface area contributed by atoms with Gasteiger partial charge in [0.1, 0.15) is 0 Å². The van der Waals surface area contributed by atoms with E-state index in [1.54, 1.807) is 0 Å². The lowest BCUT2D eigenvalue weighted by atomic mass is 10.1. The lowest BCUT2D eigenvalue weighted by molar-refractivity contribution is -0.151. The Labute approximate surface area is 159 Å². The summed E-state index contributed by atoms with van der Waals surface area (Å²) >= 11 is 0. The number of carboxylic acids is 1. The number of aliphatic carboxylic acids is 1. The molecule has 6 nitrogen and oxygen atoms in total. The summed E-state index contributed by atoms with van der Waals surface area (Å²) in [4.78, 5) is 28.1.